The van der Waals surface area contributed by atoms with Gasteiger partial charge in [-0.15, -0.1) is 13.2 Å². The molecule has 1 atom stereocenters. The Labute approximate surface area is 264 Å². The number of anilines is 1. The van der Waals surface area contributed by atoms with Gasteiger partial charge in [0.05, 0.1) is 17.0 Å². The van der Waals surface area contributed by atoms with Crippen LogP contribution in [0.1, 0.15) is 48.0 Å². The highest BCUT2D eigenvalue weighted by atomic mass is 16.6. The molecule has 2 N–H and O–H groups in total. The maximum absolute atomic E-state index is 13.4. The first-order chi connectivity index (χ1) is 20.6. The van der Waals surface area contributed by atoms with Crippen molar-refractivity contribution in [3.63, 3.8) is 0 Å². The molecule has 0 saturated carbocycles. The Morgan fingerprint density at radius 3 is 2.25 bits per heavy atom. The summed E-state index contributed by atoms with van der Waals surface area (Å²) in [5, 5.41) is 0. The lowest BCUT2D eigenvalue weighted by Crippen LogP contribution is -2.54. The normalized spacial score (nSPS) is 16.8. The number of hydrogen-bond acceptors (Lipinski definition) is 6. The molecule has 3 heterocycles. The van der Waals surface area contributed by atoms with E-state index in [2.05, 4.69) is 60.0 Å². The Kier molecular flexibility index (Phi) is 13.5. The number of aryl methyl sites for hydroxylation is 1. The number of carbonyl (C=O) groups is 2. The number of amides is 2. The van der Waals surface area contributed by atoms with E-state index in [-0.39, 0.29) is 25.3 Å². The first-order valence-electron chi connectivity index (χ1n) is 15.0. The number of piperazine rings is 1. The molecule has 2 aromatic carbocycles. The van der Waals surface area contributed by atoms with Crippen LogP contribution in [0, 0.1) is 5.92 Å². The second-order valence-electron chi connectivity index (χ2n) is 11.6. The van der Waals surface area contributed by atoms with Crippen molar-refractivity contribution in [3.05, 3.63) is 74.0 Å². The Hall–Kier alpha value is -4.27. The van der Waals surface area contributed by atoms with Gasteiger partial charge in [0.1, 0.15) is 11.4 Å². The van der Waals surface area contributed by atoms with Crippen LogP contribution < -0.4 is 10.6 Å². The van der Waals surface area contributed by atoms with Gasteiger partial charge in [0.25, 0.3) is 0 Å². The van der Waals surface area contributed by atoms with Crippen LogP contribution in [0.3, 0.4) is 0 Å². The van der Waals surface area contributed by atoms with Crippen molar-refractivity contribution >= 4 is 28.7 Å². The number of allylic oxidation sites excluding steroid dienone is 1. The van der Waals surface area contributed by atoms with Gasteiger partial charge in [0, 0.05) is 57.6 Å². The van der Waals surface area contributed by atoms with E-state index >= 15 is 0 Å². The Balaban J connectivity index is 0.000000893. The monoisotopic (exact) mass is 604 g/mol. The average molecular weight is 605 g/mol. The minimum absolute atomic E-state index is 0. The maximum atomic E-state index is 13.4. The molecule has 240 valence electrons. The first-order valence-corrected chi connectivity index (χ1v) is 15.0. The third-order valence-corrected chi connectivity index (χ3v) is 7.46. The van der Waals surface area contributed by atoms with Gasteiger partial charge < -0.3 is 29.7 Å². The topological polar surface area (TPSA) is 96.9 Å². The van der Waals surface area contributed by atoms with Crippen LogP contribution in [-0.4, -0.2) is 76.2 Å². The number of rotatable bonds is 3. The van der Waals surface area contributed by atoms with E-state index in [1.807, 2.05) is 50.8 Å². The summed E-state index contributed by atoms with van der Waals surface area (Å²) < 4.78 is 7.62. The zero-order valence-electron chi connectivity index (χ0n) is 26.5. The Morgan fingerprint density at radius 2 is 1.64 bits per heavy atom. The van der Waals surface area contributed by atoms with Crippen molar-refractivity contribution in [3.8, 4) is 11.4 Å². The standard InChI is InChI=1S/C29H37N5O3.C3H7N.C2H4.CH4/c1-29(2,3)37-28(36)33-17-15-32(16-18-33)27(35)22-10-8-14-34(20-22)23-11-7-9-21(19-23)26-30-24-12-5-6-13-25(24)31(26)4;1-2-3-4;1-2;/h5-7,9,11-13,19,22H,8,10,14-18,20H2,1-4H3;2-3H,4H2,1H3;1-2H2;1H4/b;3-2+;;. The van der Waals surface area contributed by atoms with E-state index in [0.717, 1.165) is 47.5 Å². The molecule has 2 aliphatic rings. The van der Waals surface area contributed by atoms with E-state index in [0.29, 0.717) is 32.7 Å². The van der Waals surface area contributed by atoms with Crippen molar-refractivity contribution in [2.75, 3.05) is 44.2 Å². The number of carbonyl (C=O) groups excluding carboxylic acids is 2. The molecule has 44 heavy (non-hydrogen) atoms. The molecule has 5 rings (SSSR count). The molecule has 0 spiro atoms. The SMILES string of the molecule is C.C/C=C/N.C=C.Cn1c(-c2cccc(N3CCCC(C(=O)N4CCN(C(=O)OC(C)(C)C)CC4)C3)c2)nc2ccccc21. The summed E-state index contributed by atoms with van der Waals surface area (Å²) in [6.45, 7) is 17.2. The van der Waals surface area contributed by atoms with Crippen LogP contribution in [-0.2, 0) is 16.6 Å². The molecule has 2 saturated heterocycles. The summed E-state index contributed by atoms with van der Waals surface area (Å²) in [6.07, 6.45) is 4.85. The number of hydrogen-bond donors (Lipinski definition) is 1. The third-order valence-electron chi connectivity index (χ3n) is 7.46. The van der Waals surface area contributed by atoms with E-state index in [4.69, 9.17) is 15.5 Å². The molecule has 3 aromatic rings. The molecule has 1 aromatic heterocycles. The van der Waals surface area contributed by atoms with Crippen molar-refractivity contribution in [1.82, 2.24) is 19.4 Å². The summed E-state index contributed by atoms with van der Waals surface area (Å²) in [5.41, 5.74) is 8.62. The quantitative estimate of drug-likeness (QED) is 0.345. The molecule has 0 radical (unpaired) electrons. The molecule has 9 heteroatoms. The second kappa shape index (κ2) is 16.5. The van der Waals surface area contributed by atoms with E-state index < -0.39 is 5.60 Å². The highest BCUT2D eigenvalue weighted by Gasteiger charge is 2.33. The van der Waals surface area contributed by atoms with Crippen LogP contribution in [0.4, 0.5) is 10.5 Å². The molecule has 0 aliphatic carbocycles. The number of piperidine rings is 1. The lowest BCUT2D eigenvalue weighted by atomic mass is 9.95. The van der Waals surface area contributed by atoms with Gasteiger partial charge in [-0.05, 0) is 71.0 Å². The van der Waals surface area contributed by atoms with E-state index in [9.17, 15) is 9.59 Å². The molecular weight excluding hydrogens is 552 g/mol. The molecular formula is C35H52N6O3. The molecule has 9 nitrogen and oxygen atoms in total. The zero-order chi connectivity index (χ0) is 31.6. The number of ether oxygens (including phenoxy) is 1. The number of nitrogens with zero attached hydrogens (tertiary/aromatic N) is 5. The summed E-state index contributed by atoms with van der Waals surface area (Å²) >= 11 is 0. The maximum Gasteiger partial charge on any atom is 0.410 e. The van der Waals surface area contributed by atoms with Crippen LogP contribution in [0.2, 0.25) is 0 Å². The molecule has 2 amide bonds. The Morgan fingerprint density at radius 1 is 1.00 bits per heavy atom. The summed E-state index contributed by atoms with van der Waals surface area (Å²) in [6, 6.07) is 16.7. The second-order valence-corrected chi connectivity index (χ2v) is 11.6. The van der Waals surface area contributed by atoms with Gasteiger partial charge in [-0.1, -0.05) is 37.8 Å². The van der Waals surface area contributed by atoms with Gasteiger partial charge in [-0.2, -0.15) is 0 Å². The Bertz CT molecular complexity index is 1380. The molecule has 0 bridgehead atoms. The van der Waals surface area contributed by atoms with Gasteiger partial charge in [-0.25, -0.2) is 9.78 Å². The number of benzene rings is 2. The van der Waals surface area contributed by atoms with Crippen LogP contribution in [0.15, 0.2) is 74.0 Å². The fourth-order valence-corrected chi connectivity index (χ4v) is 5.35. The van der Waals surface area contributed by atoms with Gasteiger partial charge in [-0.3, -0.25) is 4.79 Å². The van der Waals surface area contributed by atoms with Crippen LogP contribution >= 0.6 is 0 Å². The minimum atomic E-state index is -0.517. The van der Waals surface area contributed by atoms with Gasteiger partial charge in [0.2, 0.25) is 5.91 Å². The lowest BCUT2D eigenvalue weighted by Gasteiger charge is -2.39. The fourth-order valence-electron chi connectivity index (χ4n) is 5.35. The summed E-state index contributed by atoms with van der Waals surface area (Å²) in [7, 11) is 2.05. The van der Waals surface area contributed by atoms with Crippen molar-refractivity contribution in [2.45, 2.75) is 53.6 Å². The van der Waals surface area contributed by atoms with Crippen LogP contribution in [0.5, 0.6) is 0 Å². The largest absolute Gasteiger partial charge is 0.444 e. The van der Waals surface area contributed by atoms with Crippen molar-refractivity contribution in [1.29, 1.82) is 0 Å². The highest BCUT2D eigenvalue weighted by molar-refractivity contribution is 5.82. The van der Waals surface area contributed by atoms with Gasteiger partial charge >= 0.3 is 6.09 Å². The predicted octanol–water partition coefficient (Wildman–Crippen LogP) is 6.45. The van der Waals surface area contributed by atoms with Crippen molar-refractivity contribution < 1.29 is 14.3 Å². The summed E-state index contributed by atoms with van der Waals surface area (Å²) in [5.74, 6) is 1.09. The van der Waals surface area contributed by atoms with Gasteiger partial charge in [0.15, 0.2) is 0 Å². The molecule has 2 fully saturated rings. The minimum Gasteiger partial charge on any atom is -0.444 e. The highest BCUT2D eigenvalue weighted by Crippen LogP contribution is 2.30. The number of nitrogens with two attached hydrogens (primary N) is 1. The number of fused-ring (bicyclic) bond motifs is 1. The number of para-hydroxylation sites is 2. The molecule has 2 aliphatic heterocycles. The lowest BCUT2D eigenvalue weighted by molar-refractivity contribution is -0.137. The smallest absolute Gasteiger partial charge is 0.410 e. The van der Waals surface area contributed by atoms with E-state index in [1.165, 1.54) is 6.20 Å². The fraction of sp³-hybridized carbons (Fsp3) is 0.457. The molecule has 1 unspecified atom stereocenters. The van der Waals surface area contributed by atoms with E-state index in [1.54, 1.807) is 11.0 Å². The summed E-state index contributed by atoms with van der Waals surface area (Å²) in [4.78, 5) is 36.6. The average Bonchev–Trinajstić information content (AvgIpc) is 3.37. The number of imidazole rings is 1. The number of aromatic nitrogens is 2. The van der Waals surface area contributed by atoms with Crippen molar-refractivity contribution in [2.24, 2.45) is 18.7 Å². The first kappa shape index (κ1) is 35.9. The third kappa shape index (κ3) is 9.11. The van der Waals surface area contributed by atoms with Crippen LogP contribution in [0.25, 0.3) is 22.4 Å². The zero-order valence-corrected chi connectivity index (χ0v) is 26.5. The predicted molar refractivity (Wildman–Crippen MR) is 182 cm³/mol.